The van der Waals surface area contributed by atoms with Crippen LogP contribution in [0, 0.1) is 0 Å². The summed E-state index contributed by atoms with van der Waals surface area (Å²) in [5.41, 5.74) is 0.982. The van der Waals surface area contributed by atoms with E-state index in [2.05, 4.69) is 37.2 Å². The van der Waals surface area contributed by atoms with Crippen LogP contribution in [0.15, 0.2) is 38.6 Å². The van der Waals surface area contributed by atoms with Crippen LogP contribution in [0.5, 0.6) is 0 Å². The van der Waals surface area contributed by atoms with Crippen LogP contribution in [0.3, 0.4) is 0 Å². The average Bonchev–Trinajstić information content (AvgIpc) is 2.69. The molecule has 6 heteroatoms. The quantitative estimate of drug-likeness (QED) is 0.702. The molecule has 2 aromatic rings. The zero-order chi connectivity index (χ0) is 14.0. The first-order chi connectivity index (χ1) is 8.97. The second-order valence-corrected chi connectivity index (χ2v) is 7.64. The van der Waals surface area contributed by atoms with E-state index in [1.807, 2.05) is 31.2 Å². The first-order valence-electron chi connectivity index (χ1n) is 5.48. The molecule has 1 aromatic carbocycles. The normalized spacial score (nSPS) is 12.2. The van der Waals surface area contributed by atoms with Crippen molar-refractivity contribution in [3.63, 3.8) is 0 Å². The van der Waals surface area contributed by atoms with Crippen molar-refractivity contribution in [2.24, 2.45) is 0 Å². The van der Waals surface area contributed by atoms with Crippen molar-refractivity contribution in [1.82, 2.24) is 5.32 Å². The lowest BCUT2D eigenvalue weighted by Gasteiger charge is -2.13. The number of halogens is 3. The Balaban J connectivity index is 2.10. The first-order valence-corrected chi connectivity index (χ1v) is 8.26. The summed E-state index contributed by atoms with van der Waals surface area (Å²) in [6.45, 7) is 1.93. The fourth-order valence-electron chi connectivity index (χ4n) is 1.59. The third-order valence-electron chi connectivity index (χ3n) is 2.57. The molecule has 1 aromatic heterocycles. The van der Waals surface area contributed by atoms with Gasteiger partial charge in [0.15, 0.2) is 0 Å². The molecule has 0 aliphatic carbocycles. The largest absolute Gasteiger partial charge is 0.345 e. The van der Waals surface area contributed by atoms with Gasteiger partial charge in [-0.05, 0) is 62.5 Å². The summed E-state index contributed by atoms with van der Waals surface area (Å²) in [7, 11) is 0. The average molecular weight is 424 g/mol. The topological polar surface area (TPSA) is 29.1 Å². The lowest BCUT2D eigenvalue weighted by Crippen LogP contribution is -2.25. The number of carbonyl (C=O) groups excluding carboxylic acids is 1. The van der Waals surface area contributed by atoms with E-state index < -0.39 is 0 Å². The van der Waals surface area contributed by atoms with Crippen LogP contribution in [0.4, 0.5) is 0 Å². The molecule has 0 bridgehead atoms. The third kappa shape index (κ3) is 3.81. The second kappa shape index (κ2) is 6.39. The minimum absolute atomic E-state index is 0.0918. The van der Waals surface area contributed by atoms with Crippen molar-refractivity contribution in [3.8, 4) is 0 Å². The maximum Gasteiger partial charge on any atom is 0.261 e. The molecule has 0 radical (unpaired) electrons. The monoisotopic (exact) mass is 421 g/mol. The number of benzene rings is 1. The fraction of sp³-hybridized carbons (Fsp3) is 0.154. The van der Waals surface area contributed by atoms with Gasteiger partial charge in [-0.1, -0.05) is 23.7 Å². The zero-order valence-electron chi connectivity index (χ0n) is 9.91. The molecule has 1 heterocycles. The van der Waals surface area contributed by atoms with Gasteiger partial charge in [0.05, 0.1) is 14.7 Å². The Kier molecular flexibility index (Phi) is 5.06. The summed E-state index contributed by atoms with van der Waals surface area (Å²) < 4.78 is 1.80. The summed E-state index contributed by atoms with van der Waals surface area (Å²) in [5.74, 6) is -0.0936. The molecule has 0 saturated carbocycles. The standard InChI is InChI=1S/C13H10Br2ClNOS/c1-7(8-3-2-4-9(16)5-8)17-13(18)11-6-10(14)12(15)19-11/h2-7H,1H3,(H,17,18). The highest BCUT2D eigenvalue weighted by Gasteiger charge is 2.15. The highest BCUT2D eigenvalue weighted by Crippen LogP contribution is 2.32. The zero-order valence-corrected chi connectivity index (χ0v) is 14.7. The lowest BCUT2D eigenvalue weighted by atomic mass is 10.1. The molecule has 1 N–H and O–H groups in total. The Morgan fingerprint density at radius 3 is 2.68 bits per heavy atom. The molecule has 1 amide bonds. The molecule has 1 atom stereocenters. The molecule has 2 rings (SSSR count). The van der Waals surface area contributed by atoms with Crippen molar-refractivity contribution < 1.29 is 4.79 Å². The van der Waals surface area contributed by atoms with E-state index in [1.165, 1.54) is 11.3 Å². The molecular weight excluding hydrogens is 413 g/mol. The molecule has 0 fully saturated rings. The molecule has 0 spiro atoms. The van der Waals surface area contributed by atoms with E-state index >= 15 is 0 Å². The van der Waals surface area contributed by atoms with Crippen molar-refractivity contribution >= 4 is 60.7 Å². The SMILES string of the molecule is CC(NC(=O)c1cc(Br)c(Br)s1)c1cccc(Cl)c1. The van der Waals surface area contributed by atoms with Gasteiger partial charge >= 0.3 is 0 Å². The van der Waals surface area contributed by atoms with Crippen molar-refractivity contribution in [2.75, 3.05) is 0 Å². The second-order valence-electron chi connectivity index (χ2n) is 3.98. The lowest BCUT2D eigenvalue weighted by molar-refractivity contribution is 0.0944. The van der Waals surface area contributed by atoms with Crippen molar-refractivity contribution in [1.29, 1.82) is 0 Å². The molecule has 0 aliphatic heterocycles. The highest BCUT2D eigenvalue weighted by atomic mass is 79.9. The van der Waals surface area contributed by atoms with E-state index in [0.717, 1.165) is 13.8 Å². The number of rotatable bonds is 3. The maximum atomic E-state index is 12.1. The van der Waals surface area contributed by atoms with E-state index in [9.17, 15) is 4.79 Å². The van der Waals surface area contributed by atoms with Crippen molar-refractivity contribution in [2.45, 2.75) is 13.0 Å². The summed E-state index contributed by atoms with van der Waals surface area (Å²) >= 11 is 14.1. The predicted octanol–water partition coefficient (Wildman–Crippen LogP) is 5.42. The first kappa shape index (κ1) is 15.0. The Morgan fingerprint density at radius 2 is 2.11 bits per heavy atom. The van der Waals surface area contributed by atoms with Gasteiger partial charge in [-0.15, -0.1) is 11.3 Å². The number of hydrogen-bond donors (Lipinski definition) is 1. The minimum atomic E-state index is -0.0936. The molecule has 1 unspecified atom stereocenters. The van der Waals surface area contributed by atoms with Gasteiger partial charge in [0, 0.05) is 9.50 Å². The van der Waals surface area contributed by atoms with E-state index in [0.29, 0.717) is 9.90 Å². The Labute approximate surface area is 137 Å². The number of amides is 1. The molecular formula is C13H10Br2ClNOS. The predicted molar refractivity (Wildman–Crippen MR) is 87.1 cm³/mol. The van der Waals surface area contributed by atoms with E-state index in [-0.39, 0.29) is 11.9 Å². The molecule has 0 saturated heterocycles. The van der Waals surface area contributed by atoms with Crippen LogP contribution in [-0.2, 0) is 0 Å². The third-order valence-corrected chi connectivity index (χ3v) is 6.06. The van der Waals surface area contributed by atoms with Crippen LogP contribution in [0.2, 0.25) is 5.02 Å². The Morgan fingerprint density at radius 1 is 1.37 bits per heavy atom. The number of thiophene rings is 1. The smallest absolute Gasteiger partial charge is 0.261 e. The van der Waals surface area contributed by atoms with Crippen LogP contribution < -0.4 is 5.32 Å². The van der Waals surface area contributed by atoms with E-state index in [4.69, 9.17) is 11.6 Å². The molecule has 100 valence electrons. The summed E-state index contributed by atoms with van der Waals surface area (Å²) in [5, 5.41) is 3.62. The van der Waals surface area contributed by atoms with Gasteiger partial charge in [-0.3, -0.25) is 4.79 Å². The summed E-state index contributed by atoms with van der Waals surface area (Å²) in [4.78, 5) is 12.8. The van der Waals surface area contributed by atoms with Gasteiger partial charge < -0.3 is 5.32 Å². The van der Waals surface area contributed by atoms with Crippen LogP contribution in [0.25, 0.3) is 0 Å². The molecule has 0 aliphatic rings. The highest BCUT2D eigenvalue weighted by molar-refractivity contribution is 9.13. The number of hydrogen-bond acceptors (Lipinski definition) is 2. The van der Waals surface area contributed by atoms with Crippen LogP contribution in [0.1, 0.15) is 28.2 Å². The minimum Gasteiger partial charge on any atom is -0.345 e. The molecule has 19 heavy (non-hydrogen) atoms. The van der Waals surface area contributed by atoms with Gasteiger partial charge in [-0.25, -0.2) is 0 Å². The van der Waals surface area contributed by atoms with Crippen LogP contribution >= 0.6 is 54.8 Å². The van der Waals surface area contributed by atoms with E-state index in [1.54, 1.807) is 6.07 Å². The summed E-state index contributed by atoms with van der Waals surface area (Å²) in [6.07, 6.45) is 0. The maximum absolute atomic E-state index is 12.1. The fourth-order valence-corrected chi connectivity index (χ4v) is 3.72. The van der Waals surface area contributed by atoms with Gasteiger partial charge in [0.1, 0.15) is 0 Å². The van der Waals surface area contributed by atoms with Gasteiger partial charge in [-0.2, -0.15) is 0 Å². The number of carbonyl (C=O) groups is 1. The Bertz CT molecular complexity index is 595. The number of nitrogens with one attached hydrogen (secondary N) is 1. The molecule has 2 nitrogen and oxygen atoms in total. The van der Waals surface area contributed by atoms with Crippen LogP contribution in [-0.4, -0.2) is 5.91 Å². The summed E-state index contributed by atoms with van der Waals surface area (Å²) in [6, 6.07) is 9.19. The Hall–Kier alpha value is -0.360. The van der Waals surface area contributed by atoms with Gasteiger partial charge in [0.25, 0.3) is 5.91 Å². The van der Waals surface area contributed by atoms with Gasteiger partial charge in [0.2, 0.25) is 0 Å². The van der Waals surface area contributed by atoms with Crippen molar-refractivity contribution in [3.05, 3.63) is 54.1 Å².